The third-order valence-corrected chi connectivity index (χ3v) is 3.66. The van der Waals surface area contributed by atoms with Crippen LogP contribution in [0, 0.1) is 17.5 Å². The first-order chi connectivity index (χ1) is 9.29. The van der Waals surface area contributed by atoms with Crippen molar-refractivity contribution in [3.05, 3.63) is 47.9 Å². The van der Waals surface area contributed by atoms with Gasteiger partial charge in [0.15, 0.2) is 11.6 Å². The second-order valence-corrected chi connectivity index (χ2v) is 5.46. The number of aromatic nitrogens is 1. The van der Waals surface area contributed by atoms with Crippen LogP contribution in [-0.2, 0) is 10.0 Å². The third-order valence-electron chi connectivity index (χ3n) is 2.31. The Hall–Kier alpha value is -2.29. The summed E-state index contributed by atoms with van der Waals surface area (Å²) in [5.41, 5.74) is 4.47. The van der Waals surface area contributed by atoms with Gasteiger partial charge < -0.3 is 5.73 Å². The predicted molar refractivity (Wildman–Crippen MR) is 65.8 cm³/mol. The Balaban J connectivity index is 2.41. The van der Waals surface area contributed by atoms with E-state index in [2.05, 4.69) is 4.98 Å². The van der Waals surface area contributed by atoms with Crippen LogP contribution in [-0.4, -0.2) is 13.4 Å². The second kappa shape index (κ2) is 5.00. The molecule has 106 valence electrons. The lowest BCUT2D eigenvalue weighted by atomic mass is 10.3. The van der Waals surface area contributed by atoms with Gasteiger partial charge in [0, 0.05) is 18.3 Å². The van der Waals surface area contributed by atoms with Gasteiger partial charge in [-0.25, -0.2) is 26.6 Å². The fourth-order valence-corrected chi connectivity index (χ4v) is 2.38. The summed E-state index contributed by atoms with van der Waals surface area (Å²) >= 11 is 0. The van der Waals surface area contributed by atoms with Crippen molar-refractivity contribution in [3.8, 4) is 0 Å². The smallest absolute Gasteiger partial charge is 0.263 e. The molecule has 1 heterocycles. The van der Waals surface area contributed by atoms with Crippen LogP contribution < -0.4 is 10.5 Å². The zero-order valence-electron chi connectivity index (χ0n) is 9.77. The maximum atomic E-state index is 13.4. The maximum absolute atomic E-state index is 13.4. The average Bonchev–Trinajstić information content (AvgIpc) is 2.35. The van der Waals surface area contributed by atoms with Gasteiger partial charge in [-0.3, -0.25) is 4.72 Å². The molecule has 0 aliphatic rings. The van der Waals surface area contributed by atoms with Crippen molar-refractivity contribution >= 4 is 21.5 Å². The lowest BCUT2D eigenvalue weighted by Gasteiger charge is -2.09. The van der Waals surface area contributed by atoms with Crippen LogP contribution in [0.5, 0.6) is 0 Å². The van der Waals surface area contributed by atoms with E-state index in [0.717, 1.165) is 12.3 Å². The number of anilines is 2. The lowest BCUT2D eigenvalue weighted by Crippen LogP contribution is -2.15. The van der Waals surface area contributed by atoms with Crippen LogP contribution in [0.2, 0.25) is 0 Å². The molecule has 0 amide bonds. The van der Waals surface area contributed by atoms with Crippen LogP contribution in [0.25, 0.3) is 0 Å². The van der Waals surface area contributed by atoms with Crippen molar-refractivity contribution in [3.63, 3.8) is 0 Å². The van der Waals surface area contributed by atoms with Crippen molar-refractivity contribution in [1.82, 2.24) is 4.98 Å². The van der Waals surface area contributed by atoms with E-state index in [1.54, 1.807) is 4.72 Å². The number of nitrogens with zero attached hydrogens (tertiary/aromatic N) is 1. The van der Waals surface area contributed by atoms with Gasteiger partial charge in [0.1, 0.15) is 16.5 Å². The van der Waals surface area contributed by atoms with Crippen LogP contribution >= 0.6 is 0 Å². The fourth-order valence-electron chi connectivity index (χ4n) is 1.38. The van der Waals surface area contributed by atoms with E-state index in [4.69, 9.17) is 5.73 Å². The highest BCUT2D eigenvalue weighted by Gasteiger charge is 2.19. The largest absolute Gasteiger partial charge is 0.384 e. The Morgan fingerprint density at radius 2 is 1.85 bits per heavy atom. The van der Waals surface area contributed by atoms with Gasteiger partial charge in [-0.1, -0.05) is 0 Å². The number of sulfonamides is 1. The van der Waals surface area contributed by atoms with Crippen molar-refractivity contribution in [2.24, 2.45) is 0 Å². The highest BCUT2D eigenvalue weighted by Crippen LogP contribution is 2.22. The van der Waals surface area contributed by atoms with E-state index < -0.39 is 33.2 Å². The monoisotopic (exact) mass is 303 g/mol. The molecule has 0 unspecified atom stereocenters. The Labute approximate surface area is 112 Å². The Morgan fingerprint density at radius 1 is 1.15 bits per heavy atom. The van der Waals surface area contributed by atoms with Crippen molar-refractivity contribution < 1.29 is 21.6 Å². The lowest BCUT2D eigenvalue weighted by molar-refractivity contribution is 0.498. The van der Waals surface area contributed by atoms with Crippen molar-refractivity contribution in [1.29, 1.82) is 0 Å². The molecular formula is C11H8F3N3O2S. The van der Waals surface area contributed by atoms with Gasteiger partial charge in [0.2, 0.25) is 0 Å². The molecule has 0 fully saturated rings. The van der Waals surface area contributed by atoms with E-state index >= 15 is 0 Å². The first-order valence-corrected chi connectivity index (χ1v) is 6.67. The number of hydrogen-bond acceptors (Lipinski definition) is 4. The third kappa shape index (κ3) is 2.82. The first-order valence-electron chi connectivity index (χ1n) is 5.18. The summed E-state index contributed by atoms with van der Waals surface area (Å²) in [6.45, 7) is 0. The molecule has 5 nitrogen and oxygen atoms in total. The average molecular weight is 303 g/mol. The number of pyridine rings is 1. The normalized spacial score (nSPS) is 11.3. The minimum Gasteiger partial charge on any atom is -0.384 e. The summed E-state index contributed by atoms with van der Waals surface area (Å²) in [4.78, 5) is 3.24. The summed E-state index contributed by atoms with van der Waals surface area (Å²) < 4.78 is 64.9. The standard InChI is InChI=1S/C11H8F3N3O2S/c12-6-3-8(13)11(14)9(4-6)17-20(18,19)7-1-2-10(15)16-5-7/h1-5,17H,(H2,15,16). The molecule has 0 radical (unpaired) electrons. The topological polar surface area (TPSA) is 85.1 Å². The van der Waals surface area contributed by atoms with Gasteiger partial charge in [0.05, 0.1) is 5.69 Å². The zero-order valence-corrected chi connectivity index (χ0v) is 10.6. The molecule has 0 spiro atoms. The fraction of sp³-hybridized carbons (Fsp3) is 0. The predicted octanol–water partition coefficient (Wildman–Crippen LogP) is 1.88. The van der Waals surface area contributed by atoms with Crippen LogP contribution in [0.15, 0.2) is 35.4 Å². The van der Waals surface area contributed by atoms with Gasteiger partial charge in [-0.2, -0.15) is 0 Å². The van der Waals surface area contributed by atoms with E-state index in [-0.39, 0.29) is 10.7 Å². The summed E-state index contributed by atoms with van der Waals surface area (Å²) in [5, 5.41) is 0. The van der Waals surface area contributed by atoms with Crippen LogP contribution in [0.1, 0.15) is 0 Å². The van der Waals surface area contributed by atoms with Gasteiger partial charge in [0.25, 0.3) is 10.0 Å². The maximum Gasteiger partial charge on any atom is 0.263 e. The molecule has 0 atom stereocenters. The van der Waals surface area contributed by atoms with Crippen molar-refractivity contribution in [2.45, 2.75) is 4.90 Å². The number of nitrogen functional groups attached to an aromatic ring is 1. The van der Waals surface area contributed by atoms with Crippen LogP contribution in [0.4, 0.5) is 24.7 Å². The Morgan fingerprint density at radius 3 is 2.45 bits per heavy atom. The molecule has 20 heavy (non-hydrogen) atoms. The summed E-state index contributed by atoms with van der Waals surface area (Å²) in [5.74, 6) is -4.03. The molecule has 0 bridgehead atoms. The van der Waals surface area contributed by atoms with Crippen molar-refractivity contribution in [2.75, 3.05) is 10.5 Å². The molecule has 2 aromatic rings. The zero-order chi connectivity index (χ0) is 14.9. The van der Waals surface area contributed by atoms with E-state index in [1.165, 1.54) is 6.07 Å². The number of halogens is 3. The Kier molecular flexibility index (Phi) is 3.53. The number of hydrogen-bond donors (Lipinski definition) is 2. The molecule has 0 saturated carbocycles. The number of rotatable bonds is 3. The molecule has 2 rings (SSSR count). The second-order valence-electron chi connectivity index (χ2n) is 3.77. The summed E-state index contributed by atoms with van der Waals surface area (Å²) in [7, 11) is -4.23. The highest BCUT2D eigenvalue weighted by atomic mass is 32.2. The molecule has 3 N–H and O–H groups in total. The molecule has 9 heteroatoms. The first kappa shape index (κ1) is 14.1. The summed E-state index contributed by atoms with van der Waals surface area (Å²) in [6.07, 6.45) is 0.936. The van der Waals surface area contributed by atoms with E-state index in [0.29, 0.717) is 12.1 Å². The molecule has 1 aromatic carbocycles. The van der Waals surface area contributed by atoms with Gasteiger partial charge >= 0.3 is 0 Å². The van der Waals surface area contributed by atoms with Gasteiger partial charge in [-0.15, -0.1) is 0 Å². The SMILES string of the molecule is Nc1ccc(S(=O)(=O)Nc2cc(F)cc(F)c2F)cn1. The minimum atomic E-state index is -4.23. The molecule has 0 saturated heterocycles. The Bertz CT molecular complexity index is 748. The molecule has 0 aliphatic carbocycles. The van der Waals surface area contributed by atoms with Gasteiger partial charge in [-0.05, 0) is 12.1 Å². The number of nitrogens with two attached hydrogens (primary N) is 1. The molecule has 1 aromatic heterocycles. The molecule has 0 aliphatic heterocycles. The van der Waals surface area contributed by atoms with E-state index in [1.807, 2.05) is 0 Å². The summed E-state index contributed by atoms with van der Waals surface area (Å²) in [6, 6.07) is 3.17. The number of benzene rings is 1. The number of nitrogens with one attached hydrogen (secondary N) is 1. The highest BCUT2D eigenvalue weighted by molar-refractivity contribution is 7.92. The quantitative estimate of drug-likeness (QED) is 0.848. The van der Waals surface area contributed by atoms with E-state index in [9.17, 15) is 21.6 Å². The molecular weight excluding hydrogens is 295 g/mol. The minimum absolute atomic E-state index is 0.0898. The van der Waals surface area contributed by atoms with Crippen LogP contribution in [0.3, 0.4) is 0 Å².